The molecule has 1 unspecified atom stereocenters. The lowest BCUT2D eigenvalue weighted by atomic mass is 9.97. The number of rotatable bonds is 3. The van der Waals surface area contributed by atoms with E-state index in [0.29, 0.717) is 5.92 Å². The number of esters is 1. The molecule has 1 aliphatic rings. The molecule has 0 aromatic carbocycles. The van der Waals surface area contributed by atoms with E-state index in [1.807, 2.05) is 0 Å². The van der Waals surface area contributed by atoms with Gasteiger partial charge in [-0.25, -0.2) is 4.98 Å². The minimum absolute atomic E-state index is 0.225. The molecule has 0 radical (unpaired) electrons. The third kappa shape index (κ3) is 3.00. The zero-order chi connectivity index (χ0) is 12.3. The lowest BCUT2D eigenvalue weighted by molar-refractivity contribution is -0.142. The Kier molecular flexibility index (Phi) is 3.68. The molecule has 1 aromatic rings. The number of aromatic nitrogens is 1. The quantitative estimate of drug-likeness (QED) is 0.628. The van der Waals surface area contributed by atoms with Crippen LogP contribution in [0.15, 0.2) is 18.3 Å². The van der Waals surface area contributed by atoms with Crippen molar-refractivity contribution in [2.45, 2.75) is 18.9 Å². The SMILES string of the molecule is COC(=O)[C@@H]1CC(Cc2ccnc(F)c2)CN1. The van der Waals surface area contributed by atoms with Crippen LogP contribution in [0.4, 0.5) is 4.39 Å². The number of ether oxygens (including phenoxy) is 1. The molecule has 4 nitrogen and oxygen atoms in total. The zero-order valence-electron chi connectivity index (χ0n) is 9.65. The Morgan fingerprint density at radius 2 is 2.53 bits per heavy atom. The summed E-state index contributed by atoms with van der Waals surface area (Å²) >= 11 is 0. The minimum Gasteiger partial charge on any atom is -0.468 e. The number of carbonyl (C=O) groups is 1. The largest absolute Gasteiger partial charge is 0.468 e. The van der Waals surface area contributed by atoms with E-state index in [-0.39, 0.29) is 12.0 Å². The number of nitrogens with one attached hydrogen (secondary N) is 1. The average molecular weight is 238 g/mol. The summed E-state index contributed by atoms with van der Waals surface area (Å²) in [4.78, 5) is 14.8. The van der Waals surface area contributed by atoms with E-state index >= 15 is 0 Å². The van der Waals surface area contributed by atoms with E-state index < -0.39 is 5.95 Å². The number of hydrogen-bond donors (Lipinski definition) is 1. The van der Waals surface area contributed by atoms with Crippen molar-refractivity contribution in [3.05, 3.63) is 29.8 Å². The van der Waals surface area contributed by atoms with Crippen LogP contribution in [0.3, 0.4) is 0 Å². The maximum atomic E-state index is 12.9. The lowest BCUT2D eigenvalue weighted by Gasteiger charge is -2.08. The first-order valence-electron chi connectivity index (χ1n) is 5.60. The summed E-state index contributed by atoms with van der Waals surface area (Å²) in [6, 6.07) is 3.01. The predicted molar refractivity (Wildman–Crippen MR) is 59.8 cm³/mol. The van der Waals surface area contributed by atoms with Crippen LogP contribution < -0.4 is 5.32 Å². The molecule has 1 fully saturated rings. The van der Waals surface area contributed by atoms with E-state index in [1.54, 1.807) is 6.07 Å². The standard InChI is InChI=1S/C12H15FN2O2/c1-17-12(16)10-5-9(7-15-10)4-8-2-3-14-11(13)6-8/h2-3,6,9-10,15H,4-5,7H2,1H3/t9?,10-/m0/s1. The fraction of sp³-hybridized carbons (Fsp3) is 0.500. The van der Waals surface area contributed by atoms with Crippen molar-refractivity contribution in [1.29, 1.82) is 0 Å². The van der Waals surface area contributed by atoms with Gasteiger partial charge in [-0.1, -0.05) is 0 Å². The van der Waals surface area contributed by atoms with Gasteiger partial charge in [-0.3, -0.25) is 4.79 Å². The van der Waals surface area contributed by atoms with Crippen molar-refractivity contribution < 1.29 is 13.9 Å². The van der Waals surface area contributed by atoms with Gasteiger partial charge in [0.15, 0.2) is 0 Å². The lowest BCUT2D eigenvalue weighted by Crippen LogP contribution is -2.31. The van der Waals surface area contributed by atoms with Gasteiger partial charge < -0.3 is 10.1 Å². The van der Waals surface area contributed by atoms with Crippen molar-refractivity contribution in [2.75, 3.05) is 13.7 Å². The number of pyridine rings is 1. The number of nitrogens with zero attached hydrogens (tertiary/aromatic N) is 1. The van der Waals surface area contributed by atoms with Crippen molar-refractivity contribution in [3.63, 3.8) is 0 Å². The van der Waals surface area contributed by atoms with Gasteiger partial charge in [0.25, 0.3) is 0 Å². The molecule has 2 atom stereocenters. The van der Waals surface area contributed by atoms with Crippen LogP contribution >= 0.6 is 0 Å². The number of hydrogen-bond acceptors (Lipinski definition) is 4. The molecular weight excluding hydrogens is 223 g/mol. The summed E-state index contributed by atoms with van der Waals surface area (Å²) in [6.07, 6.45) is 2.95. The van der Waals surface area contributed by atoms with Crippen LogP contribution in [-0.4, -0.2) is 30.6 Å². The van der Waals surface area contributed by atoms with Crippen molar-refractivity contribution in [1.82, 2.24) is 10.3 Å². The van der Waals surface area contributed by atoms with Gasteiger partial charge in [-0.2, -0.15) is 4.39 Å². The topological polar surface area (TPSA) is 51.2 Å². The van der Waals surface area contributed by atoms with Crippen LogP contribution in [0, 0.1) is 11.9 Å². The summed E-state index contributed by atoms with van der Waals surface area (Å²) in [5, 5.41) is 3.11. The van der Waals surface area contributed by atoms with Gasteiger partial charge in [0.05, 0.1) is 7.11 Å². The smallest absolute Gasteiger partial charge is 0.322 e. The van der Waals surface area contributed by atoms with Gasteiger partial charge in [-0.15, -0.1) is 0 Å². The van der Waals surface area contributed by atoms with Crippen molar-refractivity contribution in [3.8, 4) is 0 Å². The highest BCUT2D eigenvalue weighted by Gasteiger charge is 2.29. The zero-order valence-corrected chi connectivity index (χ0v) is 9.65. The van der Waals surface area contributed by atoms with Crippen LogP contribution in [0.25, 0.3) is 0 Å². The van der Waals surface area contributed by atoms with E-state index in [0.717, 1.165) is 24.9 Å². The molecule has 0 bridgehead atoms. The first-order valence-corrected chi connectivity index (χ1v) is 5.60. The Hall–Kier alpha value is -1.49. The molecule has 2 heterocycles. The van der Waals surface area contributed by atoms with E-state index in [9.17, 15) is 9.18 Å². The molecule has 0 aliphatic carbocycles. The Morgan fingerprint density at radius 1 is 1.71 bits per heavy atom. The number of methoxy groups -OCH3 is 1. The first-order chi connectivity index (χ1) is 8.19. The Morgan fingerprint density at radius 3 is 3.24 bits per heavy atom. The van der Waals surface area contributed by atoms with Gasteiger partial charge in [0.1, 0.15) is 6.04 Å². The monoisotopic (exact) mass is 238 g/mol. The molecule has 0 saturated carbocycles. The maximum Gasteiger partial charge on any atom is 0.322 e. The highest BCUT2D eigenvalue weighted by Crippen LogP contribution is 2.19. The highest BCUT2D eigenvalue weighted by molar-refractivity contribution is 5.76. The maximum absolute atomic E-state index is 12.9. The summed E-state index contributed by atoms with van der Waals surface area (Å²) in [6.45, 7) is 0.754. The second-order valence-corrected chi connectivity index (χ2v) is 4.28. The molecule has 5 heteroatoms. The Balaban J connectivity index is 1.92. The van der Waals surface area contributed by atoms with Gasteiger partial charge in [0.2, 0.25) is 5.95 Å². The third-order valence-electron chi connectivity index (χ3n) is 3.02. The van der Waals surface area contributed by atoms with E-state index in [2.05, 4.69) is 15.0 Å². The molecule has 0 spiro atoms. The third-order valence-corrected chi connectivity index (χ3v) is 3.02. The van der Waals surface area contributed by atoms with Crippen molar-refractivity contribution >= 4 is 5.97 Å². The van der Waals surface area contributed by atoms with E-state index in [1.165, 1.54) is 19.4 Å². The Labute approximate surface area is 99.2 Å². The summed E-state index contributed by atoms with van der Waals surface area (Å²) in [7, 11) is 1.38. The second kappa shape index (κ2) is 5.23. The van der Waals surface area contributed by atoms with Crippen LogP contribution in [0.1, 0.15) is 12.0 Å². The minimum atomic E-state index is -0.460. The fourth-order valence-corrected chi connectivity index (χ4v) is 2.19. The van der Waals surface area contributed by atoms with Crippen LogP contribution in [0.5, 0.6) is 0 Å². The summed E-state index contributed by atoms with van der Waals surface area (Å²) in [5.41, 5.74) is 0.912. The number of carbonyl (C=O) groups excluding carboxylic acids is 1. The molecule has 17 heavy (non-hydrogen) atoms. The van der Waals surface area contributed by atoms with Crippen LogP contribution in [0.2, 0.25) is 0 Å². The predicted octanol–water partition coefficient (Wildman–Crippen LogP) is 0.914. The second-order valence-electron chi connectivity index (χ2n) is 4.28. The average Bonchev–Trinajstić information content (AvgIpc) is 2.76. The Bertz CT molecular complexity index is 411. The van der Waals surface area contributed by atoms with Gasteiger partial charge >= 0.3 is 5.97 Å². The molecule has 0 amide bonds. The summed E-state index contributed by atoms with van der Waals surface area (Å²) < 4.78 is 17.6. The number of halogens is 1. The van der Waals surface area contributed by atoms with Gasteiger partial charge in [0, 0.05) is 6.20 Å². The van der Waals surface area contributed by atoms with Crippen molar-refractivity contribution in [2.24, 2.45) is 5.92 Å². The first kappa shape index (κ1) is 12.0. The molecule has 1 N–H and O–H groups in total. The van der Waals surface area contributed by atoms with E-state index in [4.69, 9.17) is 0 Å². The highest BCUT2D eigenvalue weighted by atomic mass is 19.1. The molecule has 1 saturated heterocycles. The molecular formula is C12H15FN2O2. The molecule has 2 rings (SSSR count). The van der Waals surface area contributed by atoms with Gasteiger partial charge in [-0.05, 0) is 43.0 Å². The fourth-order valence-electron chi connectivity index (χ4n) is 2.19. The molecule has 1 aliphatic heterocycles. The van der Waals surface area contributed by atoms with Crippen LogP contribution in [-0.2, 0) is 16.0 Å². The normalized spacial score (nSPS) is 23.6. The molecule has 1 aromatic heterocycles. The summed E-state index contributed by atoms with van der Waals surface area (Å²) in [5.74, 6) is -0.354. The molecule has 92 valence electrons.